The molecule has 0 aliphatic heterocycles. The molecule has 0 aromatic heterocycles. The van der Waals surface area contributed by atoms with Crippen molar-refractivity contribution in [2.75, 3.05) is 19.8 Å². The van der Waals surface area contributed by atoms with E-state index < -0.39 is 12.0 Å². The lowest BCUT2D eigenvalue weighted by Gasteiger charge is -2.14. The van der Waals surface area contributed by atoms with Crippen molar-refractivity contribution in [1.82, 2.24) is 5.32 Å². The lowest BCUT2D eigenvalue weighted by molar-refractivity contribution is -0.139. The molecule has 100 valence electrons. The Kier molecular flexibility index (Phi) is 7.06. The first kappa shape index (κ1) is 14.7. The molecule has 0 saturated heterocycles. The van der Waals surface area contributed by atoms with Gasteiger partial charge in [0, 0.05) is 13.2 Å². The number of rotatable bonds is 9. The van der Waals surface area contributed by atoms with Crippen LogP contribution < -0.4 is 5.32 Å². The number of aliphatic carboxylic acids is 1. The zero-order valence-electron chi connectivity index (χ0n) is 10.8. The van der Waals surface area contributed by atoms with Gasteiger partial charge in [0.1, 0.15) is 6.04 Å². The van der Waals surface area contributed by atoms with E-state index in [2.05, 4.69) is 12.2 Å². The smallest absolute Gasteiger partial charge is 0.325 e. The maximum absolute atomic E-state index is 11.2. The second-order valence-corrected chi connectivity index (χ2v) is 4.10. The first-order chi connectivity index (χ1) is 8.75. The molecule has 0 bridgehead atoms. The van der Waals surface area contributed by atoms with E-state index >= 15 is 0 Å². The second kappa shape index (κ2) is 8.66. The Balaban J connectivity index is 2.34. The molecule has 0 heterocycles. The summed E-state index contributed by atoms with van der Waals surface area (Å²) in [6.07, 6.45) is 2.15. The highest BCUT2D eigenvalue weighted by Gasteiger charge is 2.17. The van der Waals surface area contributed by atoms with Gasteiger partial charge in [0.15, 0.2) is 0 Å². The average Bonchev–Trinajstić information content (AvgIpc) is 2.38. The molecule has 0 aliphatic rings. The van der Waals surface area contributed by atoms with Crippen molar-refractivity contribution < 1.29 is 14.6 Å². The fourth-order valence-electron chi connectivity index (χ4n) is 1.62. The molecular weight excluding hydrogens is 230 g/mol. The fourth-order valence-corrected chi connectivity index (χ4v) is 1.62. The normalized spacial score (nSPS) is 12.3. The number of carbonyl (C=O) groups is 1. The molecule has 0 saturated carbocycles. The Morgan fingerprint density at radius 2 is 2.06 bits per heavy atom. The summed E-state index contributed by atoms with van der Waals surface area (Å²) in [4.78, 5) is 11.2. The lowest BCUT2D eigenvalue weighted by Crippen LogP contribution is -2.31. The molecule has 0 fully saturated rings. The molecule has 4 nitrogen and oxygen atoms in total. The van der Waals surface area contributed by atoms with Crippen LogP contribution in [0.4, 0.5) is 0 Å². The molecule has 1 atom stereocenters. The lowest BCUT2D eigenvalue weighted by atomic mass is 10.1. The SMILES string of the molecule is CCCCOCCNC(C(=O)O)c1ccccc1. The summed E-state index contributed by atoms with van der Waals surface area (Å²) in [5.41, 5.74) is 0.763. The van der Waals surface area contributed by atoms with E-state index in [1.54, 1.807) is 0 Å². The predicted molar refractivity (Wildman–Crippen MR) is 70.5 cm³/mol. The van der Waals surface area contributed by atoms with Gasteiger partial charge in [-0.2, -0.15) is 0 Å². The van der Waals surface area contributed by atoms with Gasteiger partial charge in [-0.05, 0) is 12.0 Å². The maximum atomic E-state index is 11.2. The van der Waals surface area contributed by atoms with E-state index in [4.69, 9.17) is 9.84 Å². The van der Waals surface area contributed by atoms with Crippen molar-refractivity contribution in [3.63, 3.8) is 0 Å². The quantitative estimate of drug-likeness (QED) is 0.661. The molecule has 1 aromatic carbocycles. The minimum Gasteiger partial charge on any atom is -0.480 e. The second-order valence-electron chi connectivity index (χ2n) is 4.10. The van der Waals surface area contributed by atoms with Crippen molar-refractivity contribution >= 4 is 5.97 Å². The van der Waals surface area contributed by atoms with Gasteiger partial charge in [0.05, 0.1) is 6.61 Å². The van der Waals surface area contributed by atoms with Crippen LogP contribution in [0.1, 0.15) is 31.4 Å². The minimum absolute atomic E-state index is 0.537. The van der Waals surface area contributed by atoms with Gasteiger partial charge in [-0.1, -0.05) is 43.7 Å². The number of hydrogen-bond acceptors (Lipinski definition) is 3. The summed E-state index contributed by atoms with van der Waals surface area (Å²) in [7, 11) is 0. The Labute approximate surface area is 108 Å². The van der Waals surface area contributed by atoms with E-state index in [-0.39, 0.29) is 0 Å². The van der Waals surface area contributed by atoms with Crippen LogP contribution in [0.5, 0.6) is 0 Å². The molecule has 1 aromatic rings. The monoisotopic (exact) mass is 251 g/mol. The molecule has 4 heteroatoms. The number of hydrogen-bond donors (Lipinski definition) is 2. The molecule has 0 amide bonds. The summed E-state index contributed by atoms with van der Waals surface area (Å²) in [6.45, 7) is 3.92. The molecule has 1 rings (SSSR count). The summed E-state index contributed by atoms with van der Waals surface area (Å²) < 4.78 is 5.38. The summed E-state index contributed by atoms with van der Waals surface area (Å²) in [5, 5.41) is 12.2. The number of carboxylic acids is 1. The Morgan fingerprint density at radius 3 is 2.67 bits per heavy atom. The van der Waals surface area contributed by atoms with Crippen LogP contribution in [0.15, 0.2) is 30.3 Å². The first-order valence-corrected chi connectivity index (χ1v) is 6.34. The van der Waals surface area contributed by atoms with Crippen LogP contribution in [0.3, 0.4) is 0 Å². The first-order valence-electron chi connectivity index (χ1n) is 6.34. The number of benzene rings is 1. The fraction of sp³-hybridized carbons (Fsp3) is 0.500. The summed E-state index contributed by atoms with van der Waals surface area (Å²) >= 11 is 0. The highest BCUT2D eigenvalue weighted by Crippen LogP contribution is 2.11. The summed E-state index contributed by atoms with van der Waals surface area (Å²) in [5.74, 6) is -0.866. The van der Waals surface area contributed by atoms with Crippen molar-refractivity contribution in [1.29, 1.82) is 0 Å². The van der Waals surface area contributed by atoms with Crippen LogP contribution in [0, 0.1) is 0 Å². The third-order valence-corrected chi connectivity index (χ3v) is 2.62. The standard InChI is InChI=1S/C14H21NO3/c1-2-3-10-18-11-9-15-13(14(16)17)12-7-5-4-6-8-12/h4-8,13,15H,2-3,9-11H2,1H3,(H,16,17). The zero-order valence-corrected chi connectivity index (χ0v) is 10.8. The number of unbranched alkanes of at least 4 members (excludes halogenated alkanes) is 1. The number of nitrogens with one attached hydrogen (secondary N) is 1. The van der Waals surface area contributed by atoms with E-state index in [9.17, 15) is 4.79 Å². The highest BCUT2D eigenvalue weighted by atomic mass is 16.5. The van der Waals surface area contributed by atoms with E-state index in [1.807, 2.05) is 30.3 Å². The molecule has 0 aliphatic carbocycles. The number of carboxylic acid groups (broad SMARTS) is 1. The zero-order chi connectivity index (χ0) is 13.2. The third-order valence-electron chi connectivity index (χ3n) is 2.62. The largest absolute Gasteiger partial charge is 0.480 e. The van der Waals surface area contributed by atoms with Gasteiger partial charge >= 0.3 is 5.97 Å². The molecular formula is C14H21NO3. The van der Waals surface area contributed by atoms with Crippen LogP contribution in [0.2, 0.25) is 0 Å². The number of ether oxygens (including phenoxy) is 1. The average molecular weight is 251 g/mol. The van der Waals surface area contributed by atoms with Crippen LogP contribution >= 0.6 is 0 Å². The Morgan fingerprint density at radius 1 is 1.33 bits per heavy atom. The van der Waals surface area contributed by atoms with E-state index in [0.717, 1.165) is 25.0 Å². The van der Waals surface area contributed by atoms with Crippen molar-refractivity contribution in [3.8, 4) is 0 Å². The van der Waals surface area contributed by atoms with E-state index in [0.29, 0.717) is 13.2 Å². The van der Waals surface area contributed by atoms with Crippen molar-refractivity contribution in [3.05, 3.63) is 35.9 Å². The van der Waals surface area contributed by atoms with Crippen LogP contribution in [-0.4, -0.2) is 30.8 Å². The van der Waals surface area contributed by atoms with Gasteiger partial charge in [0.2, 0.25) is 0 Å². The van der Waals surface area contributed by atoms with Gasteiger partial charge < -0.3 is 9.84 Å². The van der Waals surface area contributed by atoms with Crippen LogP contribution in [-0.2, 0) is 9.53 Å². The molecule has 0 spiro atoms. The molecule has 2 N–H and O–H groups in total. The topological polar surface area (TPSA) is 58.6 Å². The molecule has 18 heavy (non-hydrogen) atoms. The van der Waals surface area contributed by atoms with Gasteiger partial charge in [-0.15, -0.1) is 0 Å². The van der Waals surface area contributed by atoms with Crippen molar-refractivity contribution in [2.24, 2.45) is 0 Å². The third kappa shape index (κ3) is 5.29. The highest BCUT2D eigenvalue weighted by molar-refractivity contribution is 5.75. The predicted octanol–water partition coefficient (Wildman–Crippen LogP) is 2.22. The summed E-state index contributed by atoms with van der Waals surface area (Å²) in [6, 6.07) is 8.50. The van der Waals surface area contributed by atoms with Gasteiger partial charge in [-0.25, -0.2) is 0 Å². The van der Waals surface area contributed by atoms with E-state index in [1.165, 1.54) is 0 Å². The van der Waals surface area contributed by atoms with Crippen molar-refractivity contribution in [2.45, 2.75) is 25.8 Å². The molecule has 0 radical (unpaired) electrons. The maximum Gasteiger partial charge on any atom is 0.325 e. The van der Waals surface area contributed by atoms with Crippen LogP contribution in [0.25, 0.3) is 0 Å². The minimum atomic E-state index is -0.866. The Bertz CT molecular complexity index is 340. The Hall–Kier alpha value is -1.39. The molecule has 1 unspecified atom stereocenters. The van der Waals surface area contributed by atoms with Gasteiger partial charge in [0.25, 0.3) is 0 Å². The van der Waals surface area contributed by atoms with Gasteiger partial charge in [-0.3, -0.25) is 10.1 Å².